The van der Waals surface area contributed by atoms with Crippen molar-refractivity contribution in [3.63, 3.8) is 0 Å². The number of anilines is 1. The smallest absolute Gasteiger partial charge is 0.228 e. The first-order valence-corrected chi connectivity index (χ1v) is 6.26. The largest absolute Gasteiger partial charge is 0.323 e. The van der Waals surface area contributed by atoms with Gasteiger partial charge in [0.15, 0.2) is 0 Å². The fourth-order valence-corrected chi connectivity index (χ4v) is 1.77. The Morgan fingerprint density at radius 3 is 2.79 bits per heavy atom. The normalized spacial score (nSPS) is 12.1. The number of nitrogens with one attached hydrogen (secondary N) is 2. The molecule has 1 atom stereocenters. The quantitative estimate of drug-likeness (QED) is 0.857. The Bertz CT molecular complexity index is 535. The third-order valence-electron chi connectivity index (χ3n) is 2.83. The maximum absolute atomic E-state index is 11.9. The molecule has 1 aromatic carbocycles. The first kappa shape index (κ1) is 13.3. The van der Waals surface area contributed by atoms with E-state index in [0.29, 0.717) is 12.2 Å². The van der Waals surface area contributed by atoms with Crippen LogP contribution in [-0.4, -0.2) is 29.3 Å². The molecule has 1 amide bonds. The summed E-state index contributed by atoms with van der Waals surface area (Å²) in [7, 11) is 1.83. The second kappa shape index (κ2) is 6.15. The van der Waals surface area contributed by atoms with Gasteiger partial charge in [-0.3, -0.25) is 4.79 Å². The van der Waals surface area contributed by atoms with Gasteiger partial charge in [-0.2, -0.15) is 5.10 Å². The van der Waals surface area contributed by atoms with E-state index in [-0.39, 0.29) is 11.8 Å². The monoisotopic (exact) mass is 258 g/mol. The predicted octanol–water partition coefficient (Wildman–Crippen LogP) is 1.67. The highest BCUT2D eigenvalue weighted by Gasteiger charge is 2.12. The highest BCUT2D eigenvalue weighted by molar-refractivity contribution is 5.92. The van der Waals surface area contributed by atoms with Gasteiger partial charge in [-0.1, -0.05) is 25.1 Å². The number of aromatic nitrogens is 2. The van der Waals surface area contributed by atoms with E-state index in [4.69, 9.17) is 0 Å². The van der Waals surface area contributed by atoms with Crippen molar-refractivity contribution in [2.24, 2.45) is 5.92 Å². The zero-order chi connectivity index (χ0) is 13.7. The van der Waals surface area contributed by atoms with Crippen LogP contribution in [0.1, 0.15) is 6.92 Å². The molecule has 2 aromatic rings. The van der Waals surface area contributed by atoms with Crippen LogP contribution in [0.5, 0.6) is 0 Å². The van der Waals surface area contributed by atoms with E-state index in [2.05, 4.69) is 15.7 Å². The average Bonchev–Trinajstić information content (AvgIpc) is 2.88. The fourth-order valence-electron chi connectivity index (χ4n) is 1.77. The molecule has 0 saturated carbocycles. The summed E-state index contributed by atoms with van der Waals surface area (Å²) in [5, 5.41) is 10.1. The summed E-state index contributed by atoms with van der Waals surface area (Å²) >= 11 is 0. The van der Waals surface area contributed by atoms with E-state index < -0.39 is 0 Å². The van der Waals surface area contributed by atoms with Gasteiger partial charge in [-0.05, 0) is 19.2 Å². The molecule has 0 aliphatic heterocycles. The SMILES string of the molecule is CNCC(C)C(=O)Nc1cnn(-c2ccccc2)c1. The van der Waals surface area contributed by atoms with Gasteiger partial charge in [-0.25, -0.2) is 4.68 Å². The van der Waals surface area contributed by atoms with Gasteiger partial charge in [-0.15, -0.1) is 0 Å². The third kappa shape index (κ3) is 3.42. The van der Waals surface area contributed by atoms with Gasteiger partial charge in [0.05, 0.1) is 23.8 Å². The summed E-state index contributed by atoms with van der Waals surface area (Å²) in [6, 6.07) is 9.77. The van der Waals surface area contributed by atoms with E-state index in [1.165, 1.54) is 0 Å². The summed E-state index contributed by atoms with van der Waals surface area (Å²) in [5.74, 6) is -0.0907. The number of benzene rings is 1. The molecule has 1 heterocycles. The minimum absolute atomic E-state index is 0.0121. The number of para-hydroxylation sites is 1. The Hall–Kier alpha value is -2.14. The molecule has 0 radical (unpaired) electrons. The van der Waals surface area contributed by atoms with Crippen LogP contribution in [-0.2, 0) is 4.79 Å². The molecule has 1 aromatic heterocycles. The predicted molar refractivity (Wildman–Crippen MR) is 75.3 cm³/mol. The van der Waals surface area contributed by atoms with E-state index >= 15 is 0 Å². The van der Waals surface area contributed by atoms with Crippen LogP contribution in [0, 0.1) is 5.92 Å². The Morgan fingerprint density at radius 2 is 2.11 bits per heavy atom. The lowest BCUT2D eigenvalue weighted by Crippen LogP contribution is -2.28. The molecule has 2 rings (SSSR count). The van der Waals surface area contributed by atoms with Gasteiger partial charge in [0, 0.05) is 12.5 Å². The molecule has 100 valence electrons. The number of carbonyl (C=O) groups is 1. The third-order valence-corrected chi connectivity index (χ3v) is 2.83. The zero-order valence-corrected chi connectivity index (χ0v) is 11.1. The Balaban J connectivity index is 2.04. The molecule has 0 spiro atoms. The summed E-state index contributed by atoms with van der Waals surface area (Å²) in [4.78, 5) is 11.9. The van der Waals surface area contributed by atoms with Crippen molar-refractivity contribution in [2.75, 3.05) is 18.9 Å². The molecule has 0 bridgehead atoms. The van der Waals surface area contributed by atoms with Crippen molar-refractivity contribution >= 4 is 11.6 Å². The molecule has 5 heteroatoms. The van der Waals surface area contributed by atoms with Crippen LogP contribution in [0.15, 0.2) is 42.7 Å². The maximum atomic E-state index is 11.9. The van der Waals surface area contributed by atoms with Crippen LogP contribution >= 0.6 is 0 Å². The molecule has 5 nitrogen and oxygen atoms in total. The van der Waals surface area contributed by atoms with Crippen LogP contribution in [0.4, 0.5) is 5.69 Å². The van der Waals surface area contributed by atoms with Gasteiger partial charge >= 0.3 is 0 Å². The van der Waals surface area contributed by atoms with Gasteiger partial charge in [0.25, 0.3) is 0 Å². The van der Waals surface area contributed by atoms with Gasteiger partial charge in [0.2, 0.25) is 5.91 Å². The number of nitrogens with zero attached hydrogens (tertiary/aromatic N) is 2. The molecular weight excluding hydrogens is 240 g/mol. The Kier molecular flexibility index (Phi) is 4.30. The van der Waals surface area contributed by atoms with E-state index in [1.807, 2.05) is 44.3 Å². The topological polar surface area (TPSA) is 59.0 Å². The summed E-state index contributed by atoms with van der Waals surface area (Å²) in [6.45, 7) is 2.53. The maximum Gasteiger partial charge on any atom is 0.228 e. The minimum Gasteiger partial charge on any atom is -0.323 e. The molecule has 19 heavy (non-hydrogen) atoms. The number of rotatable bonds is 5. The Morgan fingerprint density at radius 1 is 1.37 bits per heavy atom. The summed E-state index contributed by atoms with van der Waals surface area (Å²) < 4.78 is 1.73. The van der Waals surface area contributed by atoms with Gasteiger partial charge < -0.3 is 10.6 Å². The molecule has 0 aliphatic carbocycles. The minimum atomic E-state index is -0.0786. The lowest BCUT2D eigenvalue weighted by atomic mass is 10.1. The van der Waals surface area contributed by atoms with Crippen molar-refractivity contribution in [3.05, 3.63) is 42.7 Å². The van der Waals surface area contributed by atoms with Crippen molar-refractivity contribution in [1.82, 2.24) is 15.1 Å². The second-order valence-corrected chi connectivity index (χ2v) is 4.46. The van der Waals surface area contributed by atoms with Crippen LogP contribution in [0.2, 0.25) is 0 Å². The van der Waals surface area contributed by atoms with E-state index in [1.54, 1.807) is 17.1 Å². The number of hydrogen-bond acceptors (Lipinski definition) is 3. The molecule has 0 saturated heterocycles. The van der Waals surface area contributed by atoms with Crippen LogP contribution in [0.3, 0.4) is 0 Å². The molecular formula is C14H18N4O. The number of amides is 1. The van der Waals surface area contributed by atoms with Crippen molar-refractivity contribution in [1.29, 1.82) is 0 Å². The zero-order valence-electron chi connectivity index (χ0n) is 11.1. The van der Waals surface area contributed by atoms with Crippen LogP contribution < -0.4 is 10.6 Å². The first-order valence-electron chi connectivity index (χ1n) is 6.26. The highest BCUT2D eigenvalue weighted by Crippen LogP contribution is 2.12. The number of hydrogen-bond donors (Lipinski definition) is 2. The molecule has 0 aliphatic rings. The molecule has 0 fully saturated rings. The average molecular weight is 258 g/mol. The van der Waals surface area contributed by atoms with E-state index in [9.17, 15) is 4.79 Å². The first-order chi connectivity index (χ1) is 9.20. The van der Waals surface area contributed by atoms with Gasteiger partial charge in [0.1, 0.15) is 0 Å². The van der Waals surface area contributed by atoms with E-state index in [0.717, 1.165) is 5.69 Å². The number of carbonyl (C=O) groups excluding carboxylic acids is 1. The van der Waals surface area contributed by atoms with Crippen LogP contribution in [0.25, 0.3) is 5.69 Å². The summed E-state index contributed by atoms with van der Waals surface area (Å²) in [6.07, 6.45) is 3.45. The Labute approximate surface area is 112 Å². The fraction of sp³-hybridized carbons (Fsp3) is 0.286. The van der Waals surface area contributed by atoms with Crippen molar-refractivity contribution in [3.8, 4) is 5.69 Å². The molecule has 1 unspecified atom stereocenters. The highest BCUT2D eigenvalue weighted by atomic mass is 16.1. The second-order valence-electron chi connectivity index (χ2n) is 4.46. The standard InChI is InChI=1S/C14H18N4O/c1-11(8-15-2)14(19)17-12-9-16-18(10-12)13-6-4-3-5-7-13/h3-7,9-11,15H,8H2,1-2H3,(H,17,19). The lowest BCUT2D eigenvalue weighted by Gasteiger charge is -2.09. The van der Waals surface area contributed by atoms with Crippen molar-refractivity contribution < 1.29 is 4.79 Å². The van der Waals surface area contributed by atoms with Crippen molar-refractivity contribution in [2.45, 2.75) is 6.92 Å². The molecule has 2 N–H and O–H groups in total. The summed E-state index contributed by atoms with van der Waals surface area (Å²) in [5.41, 5.74) is 1.67. The lowest BCUT2D eigenvalue weighted by molar-refractivity contribution is -0.119.